The summed E-state index contributed by atoms with van der Waals surface area (Å²) in [5.74, 6) is -0.515. The molecular weight excluding hydrogens is 417 g/mol. The number of nitrogens with zero attached hydrogens (tertiary/aromatic N) is 2. The predicted molar refractivity (Wildman–Crippen MR) is 103 cm³/mol. The number of carbonyl (C=O) groups excluding carboxylic acids is 1. The van der Waals surface area contributed by atoms with Gasteiger partial charge in [0.15, 0.2) is 0 Å². The van der Waals surface area contributed by atoms with Crippen LogP contribution in [0.3, 0.4) is 0 Å². The van der Waals surface area contributed by atoms with E-state index in [9.17, 15) is 17.6 Å². The maximum absolute atomic E-state index is 13.7. The summed E-state index contributed by atoms with van der Waals surface area (Å²) < 4.78 is 58.1. The van der Waals surface area contributed by atoms with Crippen molar-refractivity contribution >= 4 is 21.6 Å². The molecular formula is C19H20FN3O6S. The molecule has 30 heavy (non-hydrogen) atoms. The quantitative estimate of drug-likeness (QED) is 0.756. The number of sulfonamides is 1. The Hall–Kier alpha value is -2.92. The Morgan fingerprint density at radius 3 is 2.97 bits per heavy atom. The summed E-state index contributed by atoms with van der Waals surface area (Å²) in [7, 11) is -4.15. The van der Waals surface area contributed by atoms with Gasteiger partial charge in [-0.25, -0.2) is 17.8 Å². The van der Waals surface area contributed by atoms with Gasteiger partial charge >= 0.3 is 0 Å². The van der Waals surface area contributed by atoms with Crippen molar-refractivity contribution in [1.29, 1.82) is 0 Å². The molecule has 160 valence electrons. The van der Waals surface area contributed by atoms with Crippen LogP contribution in [0.15, 0.2) is 35.4 Å². The summed E-state index contributed by atoms with van der Waals surface area (Å²) in [5, 5.41) is 0. The number of ether oxygens (including phenoxy) is 3. The Kier molecular flexibility index (Phi) is 5.48. The fourth-order valence-electron chi connectivity index (χ4n) is 3.35. The van der Waals surface area contributed by atoms with Crippen LogP contribution in [-0.2, 0) is 26.1 Å². The summed E-state index contributed by atoms with van der Waals surface area (Å²) in [6, 6.07) is 4.60. The van der Waals surface area contributed by atoms with Crippen molar-refractivity contribution in [1.82, 2.24) is 9.88 Å². The van der Waals surface area contributed by atoms with Gasteiger partial charge in [-0.1, -0.05) is 0 Å². The molecule has 1 atom stereocenters. The Balaban J connectivity index is 1.62. The zero-order valence-electron chi connectivity index (χ0n) is 16.1. The zero-order chi connectivity index (χ0) is 21.3. The van der Waals surface area contributed by atoms with E-state index in [-0.39, 0.29) is 54.6 Å². The van der Waals surface area contributed by atoms with Crippen LogP contribution in [0.2, 0.25) is 0 Å². The van der Waals surface area contributed by atoms with Crippen LogP contribution >= 0.6 is 0 Å². The minimum absolute atomic E-state index is 0.00857. The normalized spacial score (nSPS) is 18.7. The summed E-state index contributed by atoms with van der Waals surface area (Å²) in [6.07, 6.45) is 1.30. The van der Waals surface area contributed by atoms with Gasteiger partial charge in [0, 0.05) is 5.56 Å². The molecule has 0 bridgehead atoms. The summed E-state index contributed by atoms with van der Waals surface area (Å²) in [6.45, 7) is 2.72. The Morgan fingerprint density at radius 2 is 2.17 bits per heavy atom. The number of amides is 1. The first-order valence-electron chi connectivity index (χ1n) is 9.31. The predicted octanol–water partition coefficient (Wildman–Crippen LogP) is 1.54. The van der Waals surface area contributed by atoms with Crippen molar-refractivity contribution < 1.29 is 31.8 Å². The average molecular weight is 437 g/mol. The molecule has 1 aromatic heterocycles. The maximum atomic E-state index is 13.7. The van der Waals surface area contributed by atoms with Crippen molar-refractivity contribution in [3.05, 3.63) is 41.8 Å². The largest absolute Gasteiger partial charge is 0.492 e. The molecule has 1 N–H and O–H groups in total. The monoisotopic (exact) mass is 437 g/mol. The van der Waals surface area contributed by atoms with E-state index in [0.717, 1.165) is 12.1 Å². The first-order chi connectivity index (χ1) is 14.4. The van der Waals surface area contributed by atoms with E-state index in [1.165, 1.54) is 12.3 Å². The van der Waals surface area contributed by atoms with E-state index in [1.807, 2.05) is 0 Å². The molecule has 9 nitrogen and oxygen atoms in total. The number of hydrogen-bond acceptors (Lipinski definition) is 7. The number of anilines is 1. The highest BCUT2D eigenvalue weighted by atomic mass is 32.2. The Morgan fingerprint density at radius 1 is 1.33 bits per heavy atom. The van der Waals surface area contributed by atoms with Crippen molar-refractivity contribution in [3.63, 3.8) is 0 Å². The number of morpholine rings is 1. The molecule has 1 fully saturated rings. The van der Waals surface area contributed by atoms with Gasteiger partial charge in [-0.05, 0) is 31.2 Å². The fraction of sp³-hybridized carbons (Fsp3) is 0.368. The molecule has 2 aromatic rings. The number of pyridine rings is 1. The highest BCUT2D eigenvalue weighted by Crippen LogP contribution is 2.30. The van der Waals surface area contributed by atoms with Crippen LogP contribution in [0.4, 0.5) is 10.1 Å². The van der Waals surface area contributed by atoms with E-state index >= 15 is 0 Å². The van der Waals surface area contributed by atoms with Crippen LogP contribution in [0.25, 0.3) is 0 Å². The average Bonchev–Trinajstić information content (AvgIpc) is 2.89. The molecule has 0 spiro atoms. The lowest BCUT2D eigenvalue weighted by Gasteiger charge is -2.32. The molecule has 1 aromatic carbocycles. The van der Waals surface area contributed by atoms with Crippen molar-refractivity contribution in [2.45, 2.75) is 24.4 Å². The smallest absolute Gasteiger partial charge is 0.265 e. The van der Waals surface area contributed by atoms with Crippen molar-refractivity contribution in [2.24, 2.45) is 0 Å². The van der Waals surface area contributed by atoms with Gasteiger partial charge in [0.05, 0.1) is 37.7 Å². The Bertz CT molecular complexity index is 1080. The van der Waals surface area contributed by atoms with E-state index in [2.05, 4.69) is 9.71 Å². The third-order valence-corrected chi connectivity index (χ3v) is 6.13. The van der Waals surface area contributed by atoms with Crippen LogP contribution in [0, 0.1) is 5.82 Å². The first-order valence-corrected chi connectivity index (χ1v) is 10.8. The fourth-order valence-corrected chi connectivity index (χ4v) is 4.54. The van der Waals surface area contributed by atoms with Gasteiger partial charge in [-0.3, -0.25) is 9.52 Å². The molecule has 3 heterocycles. The lowest BCUT2D eigenvalue weighted by molar-refractivity contribution is -0.149. The minimum Gasteiger partial charge on any atom is -0.492 e. The second kappa shape index (κ2) is 8.07. The second-order valence-corrected chi connectivity index (χ2v) is 8.47. The van der Waals surface area contributed by atoms with Gasteiger partial charge < -0.3 is 19.1 Å². The topological polar surface area (TPSA) is 107 Å². The molecule has 2 aliphatic heterocycles. The summed E-state index contributed by atoms with van der Waals surface area (Å²) >= 11 is 0. The molecule has 2 aliphatic rings. The number of nitrogens with one attached hydrogen (secondary N) is 1. The molecule has 0 aliphatic carbocycles. The van der Waals surface area contributed by atoms with Crippen LogP contribution in [-0.4, -0.2) is 56.7 Å². The van der Waals surface area contributed by atoms with E-state index in [1.54, 1.807) is 17.9 Å². The third-order valence-electron chi connectivity index (χ3n) is 4.72. The third kappa shape index (κ3) is 4.03. The van der Waals surface area contributed by atoms with Crippen LogP contribution in [0.5, 0.6) is 11.6 Å². The van der Waals surface area contributed by atoms with Gasteiger partial charge in [-0.2, -0.15) is 0 Å². The minimum atomic E-state index is -4.15. The summed E-state index contributed by atoms with van der Waals surface area (Å²) in [5.41, 5.74) is 0.709. The number of carbonyl (C=O) groups is 1. The van der Waals surface area contributed by atoms with Crippen molar-refractivity contribution in [3.8, 4) is 11.6 Å². The summed E-state index contributed by atoms with van der Waals surface area (Å²) in [4.78, 5) is 17.7. The maximum Gasteiger partial charge on any atom is 0.265 e. The molecule has 11 heteroatoms. The number of halogens is 1. The molecule has 0 saturated carbocycles. The second-order valence-electron chi connectivity index (χ2n) is 6.82. The van der Waals surface area contributed by atoms with Gasteiger partial charge in [0.25, 0.3) is 10.0 Å². The van der Waals surface area contributed by atoms with E-state index in [4.69, 9.17) is 14.2 Å². The highest BCUT2D eigenvalue weighted by Gasteiger charge is 2.33. The lowest BCUT2D eigenvalue weighted by Crippen LogP contribution is -2.50. The van der Waals surface area contributed by atoms with Crippen molar-refractivity contribution in [2.75, 3.05) is 31.1 Å². The molecule has 0 radical (unpaired) electrons. The lowest BCUT2D eigenvalue weighted by atomic mass is 10.2. The number of hydrogen-bond donors (Lipinski definition) is 1. The SMILES string of the molecule is CCOc1ccc(F)cc1S(=O)(=O)Nc1cnc2c(c1)CN1C(=O)COC[C@H]1CO2. The molecule has 1 amide bonds. The molecule has 0 unspecified atom stereocenters. The molecule has 1 saturated heterocycles. The van der Waals surface area contributed by atoms with E-state index < -0.39 is 15.8 Å². The Labute approximate surface area is 172 Å². The first kappa shape index (κ1) is 20.4. The van der Waals surface area contributed by atoms with Crippen LogP contribution in [0.1, 0.15) is 12.5 Å². The van der Waals surface area contributed by atoms with Gasteiger partial charge in [-0.15, -0.1) is 0 Å². The van der Waals surface area contributed by atoms with Crippen LogP contribution < -0.4 is 14.2 Å². The number of rotatable bonds is 5. The van der Waals surface area contributed by atoms with Gasteiger partial charge in [0.1, 0.15) is 29.7 Å². The van der Waals surface area contributed by atoms with Gasteiger partial charge in [0.2, 0.25) is 11.8 Å². The van der Waals surface area contributed by atoms with E-state index in [0.29, 0.717) is 18.1 Å². The molecule has 4 rings (SSSR count). The number of benzene rings is 1. The highest BCUT2D eigenvalue weighted by molar-refractivity contribution is 7.92. The zero-order valence-corrected chi connectivity index (χ0v) is 16.9. The number of aromatic nitrogens is 1. The standard InChI is InChI=1S/C19H20FN3O6S/c1-2-28-16-4-3-13(20)6-17(16)30(25,26)22-14-5-12-8-23-15(9-27-11-18(23)24)10-29-19(12)21-7-14/h3-7,15,22H,2,8-11H2,1H3/t15-/m0/s1. The number of fused-ring (bicyclic) bond motifs is 2.